The first-order valence-corrected chi connectivity index (χ1v) is 7.58. The van der Waals surface area contributed by atoms with Crippen LogP contribution < -0.4 is 0 Å². The normalized spacial score (nSPS) is 23.4. The number of allylic oxidation sites excluding steroid dienone is 1. The van der Waals surface area contributed by atoms with Crippen LogP contribution in [0.25, 0.3) is 0 Å². The first-order chi connectivity index (χ1) is 8.62. The molecule has 1 aliphatic carbocycles. The molecule has 0 aromatic heterocycles. The number of aliphatic hydroxyl groups is 1. The summed E-state index contributed by atoms with van der Waals surface area (Å²) in [6.07, 6.45) is 9.38. The van der Waals surface area contributed by atoms with Gasteiger partial charge in [0.25, 0.3) is 0 Å². The van der Waals surface area contributed by atoms with E-state index in [1.165, 1.54) is 31.3 Å². The fourth-order valence-corrected chi connectivity index (χ4v) is 3.33. The Morgan fingerprint density at radius 3 is 2.61 bits per heavy atom. The monoisotopic (exact) mass is 308 g/mol. The van der Waals surface area contributed by atoms with E-state index in [0.29, 0.717) is 0 Å². The second kappa shape index (κ2) is 6.03. The van der Waals surface area contributed by atoms with Gasteiger partial charge in [-0.25, -0.2) is 0 Å². The van der Waals surface area contributed by atoms with Crippen molar-refractivity contribution in [2.45, 2.75) is 51.0 Å². The van der Waals surface area contributed by atoms with E-state index in [9.17, 15) is 5.11 Å². The molecule has 2 rings (SSSR count). The van der Waals surface area contributed by atoms with Crippen molar-refractivity contribution >= 4 is 15.9 Å². The van der Waals surface area contributed by atoms with E-state index >= 15 is 0 Å². The third-order valence-corrected chi connectivity index (χ3v) is 4.51. The van der Waals surface area contributed by atoms with Crippen LogP contribution in [0.4, 0.5) is 0 Å². The molecule has 1 aliphatic rings. The largest absolute Gasteiger partial charge is 0.381 e. The van der Waals surface area contributed by atoms with Crippen molar-refractivity contribution < 1.29 is 5.11 Å². The van der Waals surface area contributed by atoms with Crippen molar-refractivity contribution in [3.63, 3.8) is 0 Å². The van der Waals surface area contributed by atoms with Crippen LogP contribution in [-0.4, -0.2) is 5.11 Å². The van der Waals surface area contributed by atoms with Crippen LogP contribution in [-0.2, 0) is 5.60 Å². The third kappa shape index (κ3) is 3.04. The van der Waals surface area contributed by atoms with Crippen molar-refractivity contribution in [1.82, 2.24) is 0 Å². The summed E-state index contributed by atoms with van der Waals surface area (Å²) in [4.78, 5) is 0. The fraction of sp³-hybridized carbons (Fsp3) is 0.500. The molecule has 0 spiro atoms. The Hall–Kier alpha value is -0.600. The lowest BCUT2D eigenvalue weighted by Gasteiger charge is -2.29. The molecule has 1 atom stereocenters. The molecule has 0 heterocycles. The van der Waals surface area contributed by atoms with Gasteiger partial charge in [-0.2, -0.15) is 0 Å². The van der Waals surface area contributed by atoms with Gasteiger partial charge in [0.1, 0.15) is 5.60 Å². The molecule has 0 radical (unpaired) electrons. The van der Waals surface area contributed by atoms with Crippen LogP contribution in [0.1, 0.15) is 51.0 Å². The highest BCUT2D eigenvalue weighted by Gasteiger charge is 2.29. The zero-order chi connectivity index (χ0) is 13.0. The van der Waals surface area contributed by atoms with Gasteiger partial charge in [0, 0.05) is 10.0 Å². The molecule has 2 heteroatoms. The molecule has 1 aromatic carbocycles. The molecule has 0 saturated carbocycles. The summed E-state index contributed by atoms with van der Waals surface area (Å²) in [5.41, 5.74) is 1.29. The Labute approximate surface area is 118 Å². The lowest BCUT2D eigenvalue weighted by Crippen LogP contribution is -2.25. The first kappa shape index (κ1) is 13.8. The standard InChI is InChI=1S/C16H21BrO/c1-16(18,14-11-7-8-12-15(14)17)13-9-5-3-2-4-6-10-13/h7-9,11-12,18H,2-6,10H2,1H3/b13-9+. The van der Waals surface area contributed by atoms with E-state index in [2.05, 4.69) is 22.0 Å². The molecule has 1 aromatic rings. The highest BCUT2D eigenvalue weighted by molar-refractivity contribution is 9.10. The highest BCUT2D eigenvalue weighted by Crippen LogP contribution is 2.37. The Morgan fingerprint density at radius 1 is 1.11 bits per heavy atom. The van der Waals surface area contributed by atoms with Crippen molar-refractivity contribution in [2.75, 3.05) is 0 Å². The predicted octanol–water partition coefficient (Wildman–Crippen LogP) is 4.94. The van der Waals surface area contributed by atoms with Gasteiger partial charge in [0.05, 0.1) is 0 Å². The van der Waals surface area contributed by atoms with Gasteiger partial charge < -0.3 is 5.11 Å². The van der Waals surface area contributed by atoms with Crippen molar-refractivity contribution in [3.05, 3.63) is 46.0 Å². The van der Waals surface area contributed by atoms with Crippen LogP contribution in [0.5, 0.6) is 0 Å². The molecule has 0 aliphatic heterocycles. The quantitative estimate of drug-likeness (QED) is 0.767. The van der Waals surface area contributed by atoms with Gasteiger partial charge in [-0.05, 0) is 44.2 Å². The molecule has 98 valence electrons. The molecular weight excluding hydrogens is 288 g/mol. The second-order valence-electron chi connectivity index (χ2n) is 5.23. The first-order valence-electron chi connectivity index (χ1n) is 6.79. The van der Waals surface area contributed by atoms with Gasteiger partial charge >= 0.3 is 0 Å². The van der Waals surface area contributed by atoms with Gasteiger partial charge in [0.2, 0.25) is 0 Å². The second-order valence-corrected chi connectivity index (χ2v) is 6.09. The fourth-order valence-electron chi connectivity index (χ4n) is 2.66. The van der Waals surface area contributed by atoms with E-state index in [4.69, 9.17) is 0 Å². The van der Waals surface area contributed by atoms with Crippen molar-refractivity contribution in [2.24, 2.45) is 0 Å². The number of halogens is 1. The molecule has 1 unspecified atom stereocenters. The maximum atomic E-state index is 10.9. The highest BCUT2D eigenvalue weighted by atomic mass is 79.9. The molecule has 0 amide bonds. The summed E-state index contributed by atoms with van der Waals surface area (Å²) in [6, 6.07) is 7.96. The van der Waals surface area contributed by atoms with E-state index < -0.39 is 5.60 Å². The van der Waals surface area contributed by atoms with E-state index in [-0.39, 0.29) is 0 Å². The van der Waals surface area contributed by atoms with Gasteiger partial charge in [-0.1, -0.05) is 53.0 Å². The smallest absolute Gasteiger partial charge is 0.109 e. The molecule has 0 bridgehead atoms. The average molecular weight is 309 g/mol. The minimum absolute atomic E-state index is 0.850. The van der Waals surface area contributed by atoms with Crippen LogP contribution in [0, 0.1) is 0 Å². The minimum Gasteiger partial charge on any atom is -0.381 e. The lowest BCUT2D eigenvalue weighted by molar-refractivity contribution is 0.0915. The summed E-state index contributed by atoms with van der Waals surface area (Å²) in [5.74, 6) is 0. The maximum absolute atomic E-state index is 10.9. The average Bonchev–Trinajstić information content (AvgIpc) is 2.28. The molecule has 0 saturated heterocycles. The number of benzene rings is 1. The van der Waals surface area contributed by atoms with Crippen LogP contribution in [0.15, 0.2) is 40.4 Å². The summed E-state index contributed by atoms with van der Waals surface area (Å²) >= 11 is 3.55. The number of hydrogen-bond acceptors (Lipinski definition) is 1. The molecule has 18 heavy (non-hydrogen) atoms. The third-order valence-electron chi connectivity index (χ3n) is 3.81. The molecule has 1 N–H and O–H groups in total. The summed E-state index contributed by atoms with van der Waals surface area (Å²) < 4.78 is 0.984. The summed E-state index contributed by atoms with van der Waals surface area (Å²) in [6.45, 7) is 1.92. The Kier molecular flexibility index (Phi) is 4.63. The van der Waals surface area contributed by atoms with E-state index in [1.807, 2.05) is 31.2 Å². The summed E-state index contributed by atoms with van der Waals surface area (Å²) in [7, 11) is 0. The molecule has 1 nitrogen and oxygen atoms in total. The van der Waals surface area contributed by atoms with Crippen LogP contribution >= 0.6 is 15.9 Å². The minimum atomic E-state index is -0.850. The zero-order valence-corrected chi connectivity index (χ0v) is 12.5. The topological polar surface area (TPSA) is 20.2 Å². The van der Waals surface area contributed by atoms with Crippen LogP contribution in [0.3, 0.4) is 0 Å². The molecule has 0 fully saturated rings. The Morgan fingerprint density at radius 2 is 1.83 bits per heavy atom. The van der Waals surface area contributed by atoms with E-state index in [0.717, 1.165) is 22.9 Å². The number of hydrogen-bond donors (Lipinski definition) is 1. The molecular formula is C16H21BrO. The van der Waals surface area contributed by atoms with Crippen molar-refractivity contribution in [3.8, 4) is 0 Å². The predicted molar refractivity (Wildman–Crippen MR) is 79.5 cm³/mol. The van der Waals surface area contributed by atoms with Crippen molar-refractivity contribution in [1.29, 1.82) is 0 Å². The van der Waals surface area contributed by atoms with Gasteiger partial charge in [-0.3, -0.25) is 0 Å². The SMILES string of the molecule is CC(O)(/C1=C/CCCCCC1)c1ccccc1Br. The summed E-state index contributed by atoms with van der Waals surface area (Å²) in [5, 5.41) is 10.9. The van der Waals surface area contributed by atoms with Gasteiger partial charge in [-0.15, -0.1) is 0 Å². The number of rotatable bonds is 2. The Bertz CT molecular complexity index is 434. The van der Waals surface area contributed by atoms with E-state index in [1.54, 1.807) is 0 Å². The van der Waals surface area contributed by atoms with Crippen LogP contribution in [0.2, 0.25) is 0 Å². The van der Waals surface area contributed by atoms with Gasteiger partial charge in [0.15, 0.2) is 0 Å². The Balaban J connectivity index is 2.31. The zero-order valence-electron chi connectivity index (χ0n) is 11.0. The maximum Gasteiger partial charge on any atom is 0.109 e. The lowest BCUT2D eigenvalue weighted by atomic mass is 9.83.